The maximum Gasteiger partial charge on any atom is 0.416 e. The van der Waals surface area contributed by atoms with E-state index < -0.39 is 29.5 Å². The average molecular weight is 515 g/mol. The summed E-state index contributed by atoms with van der Waals surface area (Å²) < 4.78 is 54.2. The molecule has 3 rings (SSSR count). The van der Waals surface area contributed by atoms with Gasteiger partial charge >= 0.3 is 24.0 Å². The highest BCUT2D eigenvalue weighted by Crippen LogP contribution is 2.31. The smallest absolute Gasteiger partial charge is 0.416 e. The van der Waals surface area contributed by atoms with Gasteiger partial charge in [-0.05, 0) is 54.1 Å². The number of methoxy groups -OCH3 is 2. The standard InChI is InChI=1S/C25H20F3N3O6/c1-35-19-9-4-3-8-18(19)24(34)37-20-11-10-15(12-21(20)36-2)14-29-31-23(33)22(32)30-17-7-5-6-16(13-17)25(26,27)28/h3-14H,1-2H3,(H,30,32)(H,31,33). The van der Waals surface area contributed by atoms with Crippen LogP contribution in [-0.2, 0) is 15.8 Å². The molecule has 0 bridgehead atoms. The molecule has 2 N–H and O–H groups in total. The van der Waals surface area contributed by atoms with Gasteiger partial charge < -0.3 is 19.5 Å². The molecule has 0 atom stereocenters. The first-order valence-corrected chi connectivity index (χ1v) is 10.5. The van der Waals surface area contributed by atoms with Crippen molar-refractivity contribution in [1.82, 2.24) is 5.43 Å². The van der Waals surface area contributed by atoms with Crippen molar-refractivity contribution >= 4 is 29.7 Å². The van der Waals surface area contributed by atoms with E-state index in [-0.39, 0.29) is 22.7 Å². The van der Waals surface area contributed by atoms with Gasteiger partial charge in [-0.3, -0.25) is 9.59 Å². The monoisotopic (exact) mass is 515 g/mol. The second kappa shape index (κ2) is 11.7. The zero-order valence-electron chi connectivity index (χ0n) is 19.5. The first-order valence-electron chi connectivity index (χ1n) is 10.5. The number of carbonyl (C=O) groups is 3. The van der Waals surface area contributed by atoms with Crippen LogP contribution in [0.1, 0.15) is 21.5 Å². The highest BCUT2D eigenvalue weighted by molar-refractivity contribution is 6.39. The molecule has 0 aliphatic rings. The number of carbonyl (C=O) groups excluding carboxylic acids is 3. The second-order valence-corrected chi connectivity index (χ2v) is 7.23. The molecule has 0 unspecified atom stereocenters. The molecule has 12 heteroatoms. The molecular formula is C25H20F3N3O6. The molecule has 0 aliphatic carbocycles. The van der Waals surface area contributed by atoms with Crippen molar-refractivity contribution in [3.63, 3.8) is 0 Å². The van der Waals surface area contributed by atoms with E-state index in [4.69, 9.17) is 14.2 Å². The normalized spacial score (nSPS) is 11.1. The molecule has 192 valence electrons. The minimum atomic E-state index is -4.60. The van der Waals surface area contributed by atoms with Crippen LogP contribution in [0, 0.1) is 0 Å². The van der Waals surface area contributed by atoms with Crippen LogP contribution in [0.5, 0.6) is 17.2 Å². The Bertz CT molecular complexity index is 1340. The minimum absolute atomic E-state index is 0.111. The van der Waals surface area contributed by atoms with Gasteiger partial charge in [-0.1, -0.05) is 18.2 Å². The topological polar surface area (TPSA) is 115 Å². The number of hydrogen-bond acceptors (Lipinski definition) is 7. The molecule has 0 saturated carbocycles. The minimum Gasteiger partial charge on any atom is -0.496 e. The molecule has 37 heavy (non-hydrogen) atoms. The Kier molecular flexibility index (Phi) is 8.46. The lowest BCUT2D eigenvalue weighted by Crippen LogP contribution is -2.32. The Morgan fingerprint density at radius 3 is 2.27 bits per heavy atom. The van der Waals surface area contributed by atoms with Crippen LogP contribution in [0.4, 0.5) is 18.9 Å². The zero-order valence-corrected chi connectivity index (χ0v) is 19.5. The molecular weight excluding hydrogens is 495 g/mol. The molecule has 0 heterocycles. The summed E-state index contributed by atoms with van der Waals surface area (Å²) in [6, 6.07) is 14.8. The van der Waals surface area contributed by atoms with E-state index in [1.54, 1.807) is 24.3 Å². The SMILES string of the molecule is COc1cc(C=NNC(=O)C(=O)Nc2cccc(C(F)(F)F)c2)ccc1OC(=O)c1ccccc1OC. The second-order valence-electron chi connectivity index (χ2n) is 7.23. The molecule has 0 saturated heterocycles. The van der Waals surface area contributed by atoms with E-state index in [0.717, 1.165) is 12.1 Å². The van der Waals surface area contributed by atoms with Crippen LogP contribution in [0.2, 0.25) is 0 Å². The van der Waals surface area contributed by atoms with Crippen LogP contribution in [0.25, 0.3) is 0 Å². The highest BCUT2D eigenvalue weighted by Gasteiger charge is 2.30. The number of benzene rings is 3. The van der Waals surface area contributed by atoms with Gasteiger partial charge in [-0.2, -0.15) is 18.3 Å². The van der Waals surface area contributed by atoms with Crippen molar-refractivity contribution in [3.05, 3.63) is 83.4 Å². The lowest BCUT2D eigenvalue weighted by molar-refractivity contribution is -0.137. The third-order valence-corrected chi connectivity index (χ3v) is 4.75. The number of esters is 1. The quantitative estimate of drug-likeness (QED) is 0.161. The van der Waals surface area contributed by atoms with Gasteiger partial charge in [0.05, 0.1) is 26.0 Å². The number of anilines is 1. The number of rotatable bonds is 7. The van der Waals surface area contributed by atoms with Gasteiger partial charge in [-0.25, -0.2) is 10.2 Å². The number of hydrazone groups is 1. The van der Waals surface area contributed by atoms with E-state index in [1.807, 2.05) is 5.43 Å². The summed E-state index contributed by atoms with van der Waals surface area (Å²) in [5.74, 6) is -2.46. The summed E-state index contributed by atoms with van der Waals surface area (Å²) in [5.41, 5.74) is 1.41. The third-order valence-electron chi connectivity index (χ3n) is 4.75. The Hall–Kier alpha value is -4.87. The van der Waals surface area contributed by atoms with Crippen LogP contribution in [0.15, 0.2) is 71.8 Å². The first-order chi connectivity index (χ1) is 17.6. The summed E-state index contributed by atoms with van der Waals surface area (Å²) in [6.07, 6.45) is -3.42. The maximum absolute atomic E-state index is 12.8. The average Bonchev–Trinajstić information content (AvgIpc) is 2.88. The van der Waals surface area contributed by atoms with Crippen molar-refractivity contribution in [3.8, 4) is 17.2 Å². The van der Waals surface area contributed by atoms with Crippen molar-refractivity contribution in [2.24, 2.45) is 5.10 Å². The molecule has 0 aromatic heterocycles. The number of nitrogens with zero attached hydrogens (tertiary/aromatic N) is 1. The lowest BCUT2D eigenvalue weighted by atomic mass is 10.2. The van der Waals surface area contributed by atoms with E-state index in [9.17, 15) is 27.6 Å². The summed E-state index contributed by atoms with van der Waals surface area (Å²) in [7, 11) is 2.78. The Morgan fingerprint density at radius 1 is 0.838 bits per heavy atom. The Balaban J connectivity index is 1.62. The maximum atomic E-state index is 12.8. The van der Waals surface area contributed by atoms with Crippen LogP contribution < -0.4 is 25.0 Å². The molecule has 9 nitrogen and oxygen atoms in total. The van der Waals surface area contributed by atoms with E-state index in [0.29, 0.717) is 17.4 Å². The molecule has 0 radical (unpaired) electrons. The van der Waals surface area contributed by atoms with Crippen molar-refractivity contribution in [2.45, 2.75) is 6.18 Å². The summed E-state index contributed by atoms with van der Waals surface area (Å²) >= 11 is 0. The zero-order chi connectivity index (χ0) is 27.0. The van der Waals surface area contributed by atoms with Gasteiger partial charge in [0.2, 0.25) is 0 Å². The summed E-state index contributed by atoms with van der Waals surface area (Å²) in [6.45, 7) is 0. The molecule has 2 amide bonds. The molecule has 0 spiro atoms. The fourth-order valence-electron chi connectivity index (χ4n) is 2.99. The van der Waals surface area contributed by atoms with Crippen LogP contribution in [-0.4, -0.2) is 38.2 Å². The number of para-hydroxylation sites is 1. The highest BCUT2D eigenvalue weighted by atomic mass is 19.4. The van der Waals surface area contributed by atoms with Crippen molar-refractivity contribution in [2.75, 3.05) is 19.5 Å². The van der Waals surface area contributed by atoms with E-state index >= 15 is 0 Å². The number of nitrogens with one attached hydrogen (secondary N) is 2. The summed E-state index contributed by atoms with van der Waals surface area (Å²) in [5, 5.41) is 5.72. The largest absolute Gasteiger partial charge is 0.496 e. The van der Waals surface area contributed by atoms with Gasteiger partial charge in [0.15, 0.2) is 11.5 Å². The fourth-order valence-corrected chi connectivity index (χ4v) is 2.99. The lowest BCUT2D eigenvalue weighted by Gasteiger charge is -2.11. The number of ether oxygens (including phenoxy) is 3. The molecule has 0 fully saturated rings. The molecule has 3 aromatic rings. The predicted molar refractivity (Wildman–Crippen MR) is 127 cm³/mol. The van der Waals surface area contributed by atoms with E-state index in [1.165, 1.54) is 44.7 Å². The first kappa shape index (κ1) is 26.7. The Morgan fingerprint density at radius 2 is 1.57 bits per heavy atom. The number of amides is 2. The third kappa shape index (κ3) is 7.07. The Labute approximate surface area is 208 Å². The van der Waals surface area contributed by atoms with Gasteiger partial charge in [-0.15, -0.1) is 0 Å². The van der Waals surface area contributed by atoms with Gasteiger partial charge in [0.1, 0.15) is 11.3 Å². The van der Waals surface area contributed by atoms with Gasteiger partial charge in [0.25, 0.3) is 0 Å². The van der Waals surface area contributed by atoms with Crippen molar-refractivity contribution < 1.29 is 41.8 Å². The number of alkyl halides is 3. The molecule has 0 aliphatic heterocycles. The number of halogens is 3. The number of hydrogen-bond donors (Lipinski definition) is 2. The van der Waals surface area contributed by atoms with Gasteiger partial charge in [0, 0.05) is 5.69 Å². The summed E-state index contributed by atoms with van der Waals surface area (Å²) in [4.78, 5) is 36.5. The van der Waals surface area contributed by atoms with E-state index in [2.05, 4.69) is 10.4 Å². The van der Waals surface area contributed by atoms with Crippen LogP contribution >= 0.6 is 0 Å². The van der Waals surface area contributed by atoms with Crippen molar-refractivity contribution in [1.29, 1.82) is 0 Å². The molecule has 3 aromatic carbocycles. The predicted octanol–water partition coefficient (Wildman–Crippen LogP) is 4.03. The van der Waals surface area contributed by atoms with Crippen LogP contribution in [0.3, 0.4) is 0 Å². The fraction of sp³-hybridized carbons (Fsp3) is 0.120.